The molecule has 0 bridgehead atoms. The molecule has 0 amide bonds. The van der Waals surface area contributed by atoms with Gasteiger partial charge in [0.25, 0.3) is 0 Å². The summed E-state index contributed by atoms with van der Waals surface area (Å²) in [6.07, 6.45) is 11.3. The molecule has 0 aliphatic carbocycles. The third-order valence-corrected chi connectivity index (χ3v) is 4.31. The molecule has 0 fully saturated rings. The Morgan fingerprint density at radius 3 is 1.88 bits per heavy atom. The van der Waals surface area contributed by atoms with Crippen LogP contribution in [0, 0.1) is 17.8 Å². The molecular formula is C16H34. The van der Waals surface area contributed by atoms with Crippen molar-refractivity contribution in [2.45, 2.75) is 86.0 Å². The van der Waals surface area contributed by atoms with Crippen LogP contribution >= 0.6 is 0 Å². The molecule has 98 valence electrons. The van der Waals surface area contributed by atoms with E-state index in [1.54, 1.807) is 0 Å². The van der Waals surface area contributed by atoms with Gasteiger partial charge in [0.05, 0.1) is 0 Å². The van der Waals surface area contributed by atoms with Crippen molar-refractivity contribution in [1.29, 1.82) is 0 Å². The highest BCUT2D eigenvalue weighted by atomic mass is 14.3. The van der Waals surface area contributed by atoms with Crippen molar-refractivity contribution in [2.24, 2.45) is 17.8 Å². The quantitative estimate of drug-likeness (QED) is 0.397. The Balaban J connectivity index is 4.25. The number of hydrogen-bond donors (Lipinski definition) is 0. The summed E-state index contributed by atoms with van der Waals surface area (Å²) in [5.41, 5.74) is 0. The summed E-state index contributed by atoms with van der Waals surface area (Å²) >= 11 is 0. The normalized spacial score (nSPS) is 17.1. The minimum Gasteiger partial charge on any atom is -0.0654 e. The fourth-order valence-electron chi connectivity index (χ4n) is 3.01. The molecule has 0 saturated heterocycles. The summed E-state index contributed by atoms with van der Waals surface area (Å²) in [5.74, 6) is 2.90. The van der Waals surface area contributed by atoms with Gasteiger partial charge in [-0.25, -0.2) is 0 Å². The van der Waals surface area contributed by atoms with Gasteiger partial charge in [-0.3, -0.25) is 0 Å². The zero-order valence-corrected chi connectivity index (χ0v) is 12.4. The molecule has 0 saturated carbocycles. The third kappa shape index (κ3) is 5.92. The second-order valence-electron chi connectivity index (χ2n) is 5.50. The van der Waals surface area contributed by atoms with Gasteiger partial charge in [0.2, 0.25) is 0 Å². The molecule has 0 spiro atoms. The topological polar surface area (TPSA) is 0 Å². The molecule has 3 atom stereocenters. The van der Waals surface area contributed by atoms with Gasteiger partial charge in [-0.1, -0.05) is 79.6 Å². The molecule has 0 aromatic carbocycles. The molecule has 0 radical (unpaired) electrons. The van der Waals surface area contributed by atoms with E-state index in [0.717, 1.165) is 17.8 Å². The molecule has 0 aromatic rings. The highest BCUT2D eigenvalue weighted by Crippen LogP contribution is 2.33. The minimum atomic E-state index is 0.924. The van der Waals surface area contributed by atoms with Gasteiger partial charge in [-0.2, -0.15) is 0 Å². The van der Waals surface area contributed by atoms with Crippen molar-refractivity contribution in [1.82, 2.24) is 0 Å². The Morgan fingerprint density at radius 1 is 0.750 bits per heavy atom. The van der Waals surface area contributed by atoms with Gasteiger partial charge in [-0.05, 0) is 24.2 Å². The molecule has 16 heavy (non-hydrogen) atoms. The van der Waals surface area contributed by atoms with Crippen LogP contribution in [0.15, 0.2) is 0 Å². The third-order valence-electron chi connectivity index (χ3n) is 4.31. The van der Waals surface area contributed by atoms with Gasteiger partial charge in [0.1, 0.15) is 0 Å². The molecule has 0 aliphatic heterocycles. The highest BCUT2D eigenvalue weighted by molar-refractivity contribution is 4.73. The maximum Gasteiger partial charge on any atom is -0.0360 e. The molecule has 0 rings (SSSR count). The summed E-state index contributed by atoms with van der Waals surface area (Å²) in [6.45, 7) is 11.9. The van der Waals surface area contributed by atoms with E-state index in [9.17, 15) is 0 Å². The number of unbranched alkanes of at least 4 members (excludes halogenated alkanes) is 2. The fourth-order valence-corrected chi connectivity index (χ4v) is 3.01. The number of rotatable bonds is 10. The van der Waals surface area contributed by atoms with Gasteiger partial charge in [0, 0.05) is 0 Å². The second-order valence-corrected chi connectivity index (χ2v) is 5.50. The summed E-state index contributed by atoms with van der Waals surface area (Å²) < 4.78 is 0. The highest BCUT2D eigenvalue weighted by Gasteiger charge is 2.23. The van der Waals surface area contributed by atoms with Gasteiger partial charge < -0.3 is 0 Å². The van der Waals surface area contributed by atoms with Crippen molar-refractivity contribution >= 4 is 0 Å². The standard InChI is InChI=1S/C16H34/c1-6-10-11-13-16(14(5)8-3)15(9-4)12-7-2/h14-16H,6-13H2,1-5H3. The lowest BCUT2D eigenvalue weighted by Crippen LogP contribution is -2.21. The molecule has 0 N–H and O–H groups in total. The van der Waals surface area contributed by atoms with Crippen molar-refractivity contribution in [3.63, 3.8) is 0 Å². The van der Waals surface area contributed by atoms with E-state index in [1.165, 1.54) is 51.4 Å². The van der Waals surface area contributed by atoms with E-state index in [1.807, 2.05) is 0 Å². The first-order chi connectivity index (χ1) is 7.71. The fraction of sp³-hybridized carbons (Fsp3) is 1.00. The Labute approximate surface area is 104 Å². The predicted octanol–water partition coefficient (Wildman–Crippen LogP) is 6.06. The van der Waals surface area contributed by atoms with Gasteiger partial charge in [0.15, 0.2) is 0 Å². The Morgan fingerprint density at radius 2 is 1.44 bits per heavy atom. The van der Waals surface area contributed by atoms with Crippen molar-refractivity contribution < 1.29 is 0 Å². The average molecular weight is 226 g/mol. The van der Waals surface area contributed by atoms with E-state index >= 15 is 0 Å². The molecule has 0 nitrogen and oxygen atoms in total. The van der Waals surface area contributed by atoms with Crippen LogP contribution in [0.25, 0.3) is 0 Å². The van der Waals surface area contributed by atoms with Crippen LogP contribution in [0.5, 0.6) is 0 Å². The Bertz CT molecular complexity index is 139. The molecule has 0 aliphatic rings. The second kappa shape index (κ2) is 10.2. The zero-order valence-electron chi connectivity index (χ0n) is 12.4. The monoisotopic (exact) mass is 226 g/mol. The van der Waals surface area contributed by atoms with Crippen molar-refractivity contribution in [2.75, 3.05) is 0 Å². The first kappa shape index (κ1) is 16.0. The largest absolute Gasteiger partial charge is 0.0654 e. The van der Waals surface area contributed by atoms with Crippen LogP contribution in [-0.2, 0) is 0 Å². The van der Waals surface area contributed by atoms with Crippen LogP contribution in [0.2, 0.25) is 0 Å². The van der Waals surface area contributed by atoms with E-state index in [2.05, 4.69) is 34.6 Å². The maximum atomic E-state index is 2.47. The van der Waals surface area contributed by atoms with Crippen LogP contribution in [0.3, 0.4) is 0 Å². The van der Waals surface area contributed by atoms with Gasteiger partial charge in [-0.15, -0.1) is 0 Å². The molecule has 3 unspecified atom stereocenters. The lowest BCUT2D eigenvalue weighted by Gasteiger charge is -2.31. The first-order valence-corrected chi connectivity index (χ1v) is 7.71. The Kier molecular flexibility index (Phi) is 10.2. The van der Waals surface area contributed by atoms with E-state index in [4.69, 9.17) is 0 Å². The first-order valence-electron chi connectivity index (χ1n) is 7.71. The SMILES string of the molecule is CCCCCC(C(C)CC)C(CC)CCC. The molecule has 0 aromatic heterocycles. The van der Waals surface area contributed by atoms with Gasteiger partial charge >= 0.3 is 0 Å². The van der Waals surface area contributed by atoms with Crippen LogP contribution in [0.1, 0.15) is 86.0 Å². The van der Waals surface area contributed by atoms with E-state index in [0.29, 0.717) is 0 Å². The predicted molar refractivity (Wildman–Crippen MR) is 75.8 cm³/mol. The van der Waals surface area contributed by atoms with Crippen LogP contribution in [-0.4, -0.2) is 0 Å². The molecule has 0 heterocycles. The van der Waals surface area contributed by atoms with E-state index in [-0.39, 0.29) is 0 Å². The summed E-state index contributed by atoms with van der Waals surface area (Å²) in [6, 6.07) is 0. The van der Waals surface area contributed by atoms with Crippen LogP contribution < -0.4 is 0 Å². The molecule has 0 heteroatoms. The number of hydrogen-bond acceptors (Lipinski definition) is 0. The maximum absolute atomic E-state index is 2.47. The summed E-state index contributed by atoms with van der Waals surface area (Å²) in [5, 5.41) is 0. The average Bonchev–Trinajstić information content (AvgIpc) is 2.31. The summed E-state index contributed by atoms with van der Waals surface area (Å²) in [7, 11) is 0. The Hall–Kier alpha value is 0. The lowest BCUT2D eigenvalue weighted by molar-refractivity contribution is 0.196. The van der Waals surface area contributed by atoms with Crippen molar-refractivity contribution in [3.05, 3.63) is 0 Å². The lowest BCUT2D eigenvalue weighted by atomic mass is 9.75. The zero-order chi connectivity index (χ0) is 12.4. The van der Waals surface area contributed by atoms with Crippen molar-refractivity contribution in [3.8, 4) is 0 Å². The van der Waals surface area contributed by atoms with Crippen LogP contribution in [0.4, 0.5) is 0 Å². The smallest absolute Gasteiger partial charge is 0.0360 e. The molecular weight excluding hydrogens is 192 g/mol. The van der Waals surface area contributed by atoms with E-state index < -0.39 is 0 Å². The summed E-state index contributed by atoms with van der Waals surface area (Å²) in [4.78, 5) is 0. The minimum absolute atomic E-state index is 0.924.